The molecule has 1 nitrogen and oxygen atoms in total. The first-order chi connectivity index (χ1) is 6.79. The molecule has 0 saturated heterocycles. The molecule has 1 heterocycles. The quantitative estimate of drug-likeness (QED) is 0.728. The summed E-state index contributed by atoms with van der Waals surface area (Å²) >= 11 is 7.77. The fourth-order valence-corrected chi connectivity index (χ4v) is 3.56. The van der Waals surface area contributed by atoms with Crippen LogP contribution in [-0.4, -0.2) is 11.2 Å². The summed E-state index contributed by atoms with van der Waals surface area (Å²) in [5, 5.41) is 12.8. The summed E-state index contributed by atoms with van der Waals surface area (Å²) < 4.78 is 0. The van der Waals surface area contributed by atoms with Crippen LogP contribution in [0.15, 0.2) is 11.4 Å². The van der Waals surface area contributed by atoms with Crippen LogP contribution < -0.4 is 0 Å². The second-order valence-corrected chi connectivity index (χ2v) is 5.30. The van der Waals surface area contributed by atoms with Crippen molar-refractivity contribution in [2.24, 2.45) is 0 Å². The Morgan fingerprint density at radius 3 is 2.79 bits per heavy atom. The van der Waals surface area contributed by atoms with Crippen LogP contribution in [0.3, 0.4) is 0 Å². The van der Waals surface area contributed by atoms with Gasteiger partial charge in [-0.15, -0.1) is 11.3 Å². The zero-order chi connectivity index (χ0) is 9.97. The monoisotopic (exact) mass is 230 g/mol. The molecule has 2 unspecified atom stereocenters. The summed E-state index contributed by atoms with van der Waals surface area (Å²) in [5.74, 6) is 0.282. The molecule has 1 aromatic heterocycles. The smallest absolute Gasteiger partial charge is 0.0617 e. The molecular formula is C11H15ClOS. The Balaban J connectivity index is 2.19. The van der Waals surface area contributed by atoms with E-state index in [-0.39, 0.29) is 12.0 Å². The van der Waals surface area contributed by atoms with Gasteiger partial charge in [-0.05, 0) is 24.3 Å². The summed E-state index contributed by atoms with van der Waals surface area (Å²) in [6, 6.07) is 1.93. The van der Waals surface area contributed by atoms with Gasteiger partial charge >= 0.3 is 0 Å². The Bertz CT molecular complexity index is 297. The molecule has 2 rings (SSSR count). The van der Waals surface area contributed by atoms with Gasteiger partial charge in [0.1, 0.15) is 0 Å². The highest BCUT2D eigenvalue weighted by molar-refractivity contribution is 7.10. The Labute approximate surface area is 93.7 Å². The van der Waals surface area contributed by atoms with Crippen LogP contribution >= 0.6 is 22.9 Å². The molecule has 1 N–H and O–H groups in total. The van der Waals surface area contributed by atoms with Crippen LogP contribution in [0.1, 0.15) is 42.9 Å². The van der Waals surface area contributed by atoms with E-state index in [1.165, 1.54) is 17.7 Å². The van der Waals surface area contributed by atoms with Gasteiger partial charge in [-0.1, -0.05) is 30.9 Å². The predicted molar refractivity (Wildman–Crippen MR) is 61.2 cm³/mol. The Morgan fingerprint density at radius 1 is 1.29 bits per heavy atom. The van der Waals surface area contributed by atoms with Crippen molar-refractivity contribution in [2.45, 2.75) is 44.1 Å². The number of rotatable bonds is 1. The average molecular weight is 231 g/mol. The number of aliphatic hydroxyl groups excluding tert-OH is 1. The molecule has 0 aliphatic heterocycles. The molecular weight excluding hydrogens is 216 g/mol. The minimum Gasteiger partial charge on any atom is -0.392 e. The predicted octanol–water partition coefficient (Wildman–Crippen LogP) is 3.81. The fraction of sp³-hybridized carbons (Fsp3) is 0.636. The van der Waals surface area contributed by atoms with Crippen molar-refractivity contribution in [3.05, 3.63) is 21.3 Å². The summed E-state index contributed by atoms with van der Waals surface area (Å²) in [7, 11) is 0. The molecule has 0 bridgehead atoms. The highest BCUT2D eigenvalue weighted by atomic mass is 35.5. The van der Waals surface area contributed by atoms with Gasteiger partial charge in [-0.2, -0.15) is 0 Å². The molecule has 14 heavy (non-hydrogen) atoms. The maximum absolute atomic E-state index is 9.99. The van der Waals surface area contributed by atoms with Crippen molar-refractivity contribution in [1.82, 2.24) is 0 Å². The minimum absolute atomic E-state index is 0.186. The lowest BCUT2D eigenvalue weighted by Gasteiger charge is -2.19. The zero-order valence-corrected chi connectivity index (χ0v) is 9.65. The van der Waals surface area contributed by atoms with Crippen LogP contribution in [0.2, 0.25) is 5.02 Å². The summed E-state index contributed by atoms with van der Waals surface area (Å²) in [6.07, 6.45) is 5.45. The van der Waals surface area contributed by atoms with E-state index in [4.69, 9.17) is 11.6 Å². The van der Waals surface area contributed by atoms with Crippen molar-refractivity contribution in [1.29, 1.82) is 0 Å². The van der Waals surface area contributed by atoms with E-state index in [1.54, 1.807) is 11.3 Å². The molecule has 3 heteroatoms. The lowest BCUT2D eigenvalue weighted by atomic mass is 9.96. The first kappa shape index (κ1) is 10.5. The normalized spacial score (nSPS) is 28.7. The lowest BCUT2D eigenvalue weighted by Crippen LogP contribution is -2.15. The maximum atomic E-state index is 9.99. The van der Waals surface area contributed by atoms with Crippen molar-refractivity contribution >= 4 is 22.9 Å². The Morgan fingerprint density at radius 2 is 2.07 bits per heavy atom. The third-order valence-electron chi connectivity index (χ3n) is 2.96. The van der Waals surface area contributed by atoms with Crippen molar-refractivity contribution < 1.29 is 5.11 Å². The third kappa shape index (κ3) is 2.13. The molecule has 1 aromatic rings. The highest BCUT2D eigenvalue weighted by Gasteiger charge is 2.25. The van der Waals surface area contributed by atoms with E-state index in [0.717, 1.165) is 24.3 Å². The van der Waals surface area contributed by atoms with E-state index >= 15 is 0 Å². The standard InChI is InChI=1S/C11H15ClOS/c12-9-6-7-14-11(9)8-4-2-1-3-5-10(8)13/h6-8,10,13H,1-5H2. The summed E-state index contributed by atoms with van der Waals surface area (Å²) in [5.41, 5.74) is 0. The number of halogens is 1. The number of thiophene rings is 1. The van der Waals surface area contributed by atoms with Gasteiger partial charge in [0, 0.05) is 10.8 Å². The second kappa shape index (κ2) is 4.65. The van der Waals surface area contributed by atoms with Crippen LogP contribution in [0.5, 0.6) is 0 Å². The second-order valence-electron chi connectivity index (χ2n) is 3.94. The zero-order valence-electron chi connectivity index (χ0n) is 8.08. The van der Waals surface area contributed by atoms with Gasteiger partial charge in [-0.25, -0.2) is 0 Å². The first-order valence-electron chi connectivity index (χ1n) is 5.20. The number of hydrogen-bond acceptors (Lipinski definition) is 2. The van der Waals surface area contributed by atoms with E-state index in [0.29, 0.717) is 0 Å². The number of hydrogen-bond donors (Lipinski definition) is 1. The largest absolute Gasteiger partial charge is 0.392 e. The molecule has 1 saturated carbocycles. The van der Waals surface area contributed by atoms with Gasteiger partial charge in [0.2, 0.25) is 0 Å². The van der Waals surface area contributed by atoms with Crippen LogP contribution in [-0.2, 0) is 0 Å². The summed E-state index contributed by atoms with van der Waals surface area (Å²) in [4.78, 5) is 1.18. The van der Waals surface area contributed by atoms with Gasteiger partial charge in [0.25, 0.3) is 0 Å². The topological polar surface area (TPSA) is 20.2 Å². The number of aliphatic hydroxyl groups is 1. The van der Waals surface area contributed by atoms with Crippen molar-refractivity contribution in [3.63, 3.8) is 0 Å². The molecule has 78 valence electrons. The van der Waals surface area contributed by atoms with Gasteiger partial charge in [-0.3, -0.25) is 0 Å². The molecule has 0 radical (unpaired) electrons. The van der Waals surface area contributed by atoms with Gasteiger partial charge in [0.05, 0.1) is 11.1 Å². The molecule has 1 aliphatic rings. The molecule has 0 amide bonds. The third-order valence-corrected chi connectivity index (χ3v) is 4.45. The average Bonchev–Trinajstić information content (AvgIpc) is 2.46. The van der Waals surface area contributed by atoms with Crippen LogP contribution in [0.25, 0.3) is 0 Å². The highest BCUT2D eigenvalue weighted by Crippen LogP contribution is 2.38. The first-order valence-corrected chi connectivity index (χ1v) is 6.46. The Kier molecular flexibility index (Phi) is 3.47. The van der Waals surface area contributed by atoms with Gasteiger partial charge in [0.15, 0.2) is 0 Å². The van der Waals surface area contributed by atoms with Crippen molar-refractivity contribution in [2.75, 3.05) is 0 Å². The van der Waals surface area contributed by atoms with Gasteiger partial charge < -0.3 is 5.11 Å². The van der Waals surface area contributed by atoms with Crippen molar-refractivity contribution in [3.8, 4) is 0 Å². The van der Waals surface area contributed by atoms with Crippen LogP contribution in [0, 0.1) is 0 Å². The molecule has 1 aliphatic carbocycles. The maximum Gasteiger partial charge on any atom is 0.0617 e. The SMILES string of the molecule is OC1CCCCCC1c1sccc1Cl. The van der Waals surface area contributed by atoms with E-state index in [2.05, 4.69) is 0 Å². The summed E-state index contributed by atoms with van der Waals surface area (Å²) in [6.45, 7) is 0. The molecule has 2 atom stereocenters. The molecule has 1 fully saturated rings. The molecule has 0 aromatic carbocycles. The minimum atomic E-state index is -0.186. The van der Waals surface area contributed by atoms with Crippen LogP contribution in [0.4, 0.5) is 0 Å². The molecule has 0 spiro atoms. The van der Waals surface area contributed by atoms with E-state index < -0.39 is 0 Å². The Hall–Kier alpha value is -0.0500. The lowest BCUT2D eigenvalue weighted by molar-refractivity contribution is 0.136. The van der Waals surface area contributed by atoms with E-state index in [1.807, 2.05) is 11.4 Å². The van der Waals surface area contributed by atoms with E-state index in [9.17, 15) is 5.11 Å². The fourth-order valence-electron chi connectivity index (χ4n) is 2.16.